The molecular formula is C15H21ClN2O3. The number of aryl methyl sites for hydroxylation is 1. The number of carbonyl (C=O) groups is 2. The van der Waals surface area contributed by atoms with Crippen LogP contribution in [0.25, 0.3) is 0 Å². The van der Waals surface area contributed by atoms with Crippen molar-refractivity contribution in [1.29, 1.82) is 0 Å². The summed E-state index contributed by atoms with van der Waals surface area (Å²) in [6.45, 7) is 2.71. The maximum absolute atomic E-state index is 12.1. The van der Waals surface area contributed by atoms with E-state index in [1.165, 1.54) is 7.11 Å². The fraction of sp³-hybridized carbons (Fsp3) is 0.467. The zero-order valence-corrected chi connectivity index (χ0v) is 13.1. The molecule has 0 bridgehead atoms. The average Bonchev–Trinajstić information content (AvgIpc) is 2.47. The van der Waals surface area contributed by atoms with Gasteiger partial charge in [-0.1, -0.05) is 6.42 Å². The molecule has 1 fully saturated rings. The Morgan fingerprint density at radius 3 is 2.67 bits per heavy atom. The van der Waals surface area contributed by atoms with E-state index in [4.69, 9.17) is 4.74 Å². The minimum Gasteiger partial charge on any atom is -0.465 e. The van der Waals surface area contributed by atoms with Gasteiger partial charge in [-0.2, -0.15) is 0 Å². The van der Waals surface area contributed by atoms with Gasteiger partial charge in [0.2, 0.25) is 5.91 Å². The summed E-state index contributed by atoms with van der Waals surface area (Å²) in [5.41, 5.74) is 2.00. The van der Waals surface area contributed by atoms with E-state index in [0.717, 1.165) is 31.4 Å². The highest BCUT2D eigenvalue weighted by Crippen LogP contribution is 2.17. The third-order valence-corrected chi connectivity index (χ3v) is 3.53. The van der Waals surface area contributed by atoms with Gasteiger partial charge in [-0.05, 0) is 50.1 Å². The van der Waals surface area contributed by atoms with Gasteiger partial charge in [0, 0.05) is 5.69 Å². The summed E-state index contributed by atoms with van der Waals surface area (Å²) in [5, 5.41) is 6.09. The maximum atomic E-state index is 12.1. The summed E-state index contributed by atoms with van der Waals surface area (Å²) in [7, 11) is 1.35. The van der Waals surface area contributed by atoms with Gasteiger partial charge in [0.05, 0.1) is 18.7 Å². The van der Waals surface area contributed by atoms with Gasteiger partial charge >= 0.3 is 5.97 Å². The Morgan fingerprint density at radius 2 is 2.10 bits per heavy atom. The molecule has 2 N–H and O–H groups in total. The molecule has 1 aromatic carbocycles. The summed E-state index contributed by atoms with van der Waals surface area (Å²) >= 11 is 0. The van der Waals surface area contributed by atoms with Crippen molar-refractivity contribution in [2.75, 3.05) is 19.0 Å². The number of rotatable bonds is 3. The van der Waals surface area contributed by atoms with Gasteiger partial charge in [0.25, 0.3) is 0 Å². The Balaban J connectivity index is 0.00000220. The van der Waals surface area contributed by atoms with Crippen LogP contribution < -0.4 is 10.6 Å². The Labute approximate surface area is 130 Å². The summed E-state index contributed by atoms with van der Waals surface area (Å²) in [4.78, 5) is 23.6. The van der Waals surface area contributed by atoms with Crippen LogP contribution in [0.2, 0.25) is 0 Å². The number of hydrogen-bond donors (Lipinski definition) is 2. The van der Waals surface area contributed by atoms with E-state index in [-0.39, 0.29) is 30.3 Å². The largest absolute Gasteiger partial charge is 0.465 e. The zero-order valence-electron chi connectivity index (χ0n) is 12.3. The first-order chi connectivity index (χ1) is 9.61. The summed E-state index contributed by atoms with van der Waals surface area (Å²) in [5.74, 6) is -0.385. The number of carbonyl (C=O) groups excluding carboxylic acids is 2. The fourth-order valence-corrected chi connectivity index (χ4v) is 2.39. The molecular weight excluding hydrogens is 292 g/mol. The van der Waals surface area contributed by atoms with Gasteiger partial charge in [0.15, 0.2) is 0 Å². The topological polar surface area (TPSA) is 67.4 Å². The van der Waals surface area contributed by atoms with E-state index in [2.05, 4.69) is 10.6 Å². The predicted octanol–water partition coefficient (Wildman–Crippen LogP) is 2.28. The van der Waals surface area contributed by atoms with E-state index in [1.54, 1.807) is 18.2 Å². The Kier molecular flexibility index (Phi) is 6.65. The first-order valence-electron chi connectivity index (χ1n) is 6.85. The molecule has 0 saturated carbocycles. The molecule has 1 heterocycles. The molecule has 1 aliphatic heterocycles. The van der Waals surface area contributed by atoms with Crippen LogP contribution >= 0.6 is 12.4 Å². The van der Waals surface area contributed by atoms with Crippen molar-refractivity contribution in [2.45, 2.75) is 32.2 Å². The number of methoxy groups -OCH3 is 1. The molecule has 116 valence electrons. The molecule has 0 spiro atoms. The van der Waals surface area contributed by atoms with Crippen molar-refractivity contribution in [3.8, 4) is 0 Å². The van der Waals surface area contributed by atoms with Gasteiger partial charge < -0.3 is 15.4 Å². The lowest BCUT2D eigenvalue weighted by Crippen LogP contribution is -2.43. The first-order valence-corrected chi connectivity index (χ1v) is 6.85. The van der Waals surface area contributed by atoms with Crippen LogP contribution in [0.15, 0.2) is 18.2 Å². The zero-order chi connectivity index (χ0) is 14.5. The maximum Gasteiger partial charge on any atom is 0.338 e. The summed E-state index contributed by atoms with van der Waals surface area (Å²) in [6.07, 6.45) is 3.06. The molecule has 1 aromatic rings. The number of hydrogen-bond acceptors (Lipinski definition) is 4. The Hall–Kier alpha value is -1.59. The lowest BCUT2D eigenvalue weighted by atomic mass is 10.0. The third kappa shape index (κ3) is 4.44. The number of halogens is 1. The normalized spacial score (nSPS) is 17.5. The second-order valence-corrected chi connectivity index (χ2v) is 5.01. The monoisotopic (exact) mass is 312 g/mol. The van der Waals surface area contributed by atoms with Gasteiger partial charge in [-0.25, -0.2) is 4.79 Å². The quantitative estimate of drug-likeness (QED) is 0.840. The van der Waals surface area contributed by atoms with Crippen molar-refractivity contribution < 1.29 is 14.3 Å². The van der Waals surface area contributed by atoms with Gasteiger partial charge in [-0.3, -0.25) is 4.79 Å². The second kappa shape index (κ2) is 8.00. The molecule has 6 heteroatoms. The number of piperidine rings is 1. The van der Waals surface area contributed by atoms with E-state index in [9.17, 15) is 9.59 Å². The highest BCUT2D eigenvalue weighted by molar-refractivity contribution is 5.96. The molecule has 1 saturated heterocycles. The molecule has 5 nitrogen and oxygen atoms in total. The molecule has 0 aliphatic carbocycles. The molecule has 1 amide bonds. The molecule has 0 radical (unpaired) electrons. The van der Waals surface area contributed by atoms with E-state index < -0.39 is 0 Å². The van der Waals surface area contributed by atoms with Crippen LogP contribution in [0, 0.1) is 6.92 Å². The van der Waals surface area contributed by atoms with E-state index >= 15 is 0 Å². The van der Waals surface area contributed by atoms with Crippen LogP contribution in [-0.4, -0.2) is 31.6 Å². The molecule has 1 atom stereocenters. The van der Waals surface area contributed by atoms with E-state index in [1.807, 2.05) is 6.92 Å². The van der Waals surface area contributed by atoms with Crippen LogP contribution in [0.5, 0.6) is 0 Å². The van der Waals surface area contributed by atoms with Crippen LogP contribution in [-0.2, 0) is 9.53 Å². The van der Waals surface area contributed by atoms with Gasteiger partial charge in [0.1, 0.15) is 0 Å². The first kappa shape index (κ1) is 17.5. The smallest absolute Gasteiger partial charge is 0.338 e. The standard InChI is InChI=1S/C15H20N2O3.ClH/c1-10-9-11(6-7-12(10)15(19)20-2)17-14(18)13-5-3-4-8-16-13;/h6-7,9,13,16H,3-5,8H2,1-2H3,(H,17,18);1H. The van der Waals surface area contributed by atoms with Crippen LogP contribution in [0.4, 0.5) is 5.69 Å². The van der Waals surface area contributed by atoms with Crippen LogP contribution in [0.3, 0.4) is 0 Å². The number of esters is 1. The Morgan fingerprint density at radius 1 is 1.33 bits per heavy atom. The highest BCUT2D eigenvalue weighted by atomic mass is 35.5. The third-order valence-electron chi connectivity index (χ3n) is 3.53. The van der Waals surface area contributed by atoms with Crippen molar-refractivity contribution in [3.05, 3.63) is 29.3 Å². The molecule has 0 aromatic heterocycles. The number of anilines is 1. The number of nitrogens with one attached hydrogen (secondary N) is 2. The van der Waals surface area contributed by atoms with Crippen molar-refractivity contribution >= 4 is 30.0 Å². The van der Waals surface area contributed by atoms with Crippen LogP contribution in [0.1, 0.15) is 35.2 Å². The minimum absolute atomic E-state index is 0. The molecule has 2 rings (SSSR count). The second-order valence-electron chi connectivity index (χ2n) is 5.01. The fourth-order valence-electron chi connectivity index (χ4n) is 2.39. The average molecular weight is 313 g/mol. The molecule has 21 heavy (non-hydrogen) atoms. The minimum atomic E-state index is -0.366. The van der Waals surface area contributed by atoms with Crippen molar-refractivity contribution in [2.24, 2.45) is 0 Å². The summed E-state index contributed by atoms with van der Waals surface area (Å²) < 4.78 is 4.70. The predicted molar refractivity (Wildman–Crippen MR) is 84.0 cm³/mol. The number of benzene rings is 1. The number of ether oxygens (including phenoxy) is 1. The SMILES string of the molecule is COC(=O)c1ccc(NC(=O)C2CCCCN2)cc1C.Cl. The molecule has 1 aliphatic rings. The lowest BCUT2D eigenvalue weighted by molar-refractivity contribution is -0.118. The lowest BCUT2D eigenvalue weighted by Gasteiger charge is -2.22. The Bertz CT molecular complexity index is 514. The molecule has 1 unspecified atom stereocenters. The van der Waals surface area contributed by atoms with Crippen molar-refractivity contribution in [1.82, 2.24) is 5.32 Å². The summed E-state index contributed by atoms with van der Waals surface area (Å²) in [6, 6.07) is 5.06. The highest BCUT2D eigenvalue weighted by Gasteiger charge is 2.20. The number of amides is 1. The van der Waals surface area contributed by atoms with E-state index in [0.29, 0.717) is 11.3 Å². The van der Waals surface area contributed by atoms with Gasteiger partial charge in [-0.15, -0.1) is 12.4 Å². The van der Waals surface area contributed by atoms with Crippen molar-refractivity contribution in [3.63, 3.8) is 0 Å².